The number of likely N-dealkylation sites (tertiary alicyclic amines) is 1. The second-order valence-electron chi connectivity index (χ2n) is 8.51. The molecule has 1 saturated heterocycles. The lowest BCUT2D eigenvalue weighted by Gasteiger charge is -2.32. The van der Waals surface area contributed by atoms with Crippen LogP contribution in [0.5, 0.6) is 5.75 Å². The Morgan fingerprint density at radius 3 is 2.73 bits per heavy atom. The number of hydrogen-bond donors (Lipinski definition) is 3. The maximum absolute atomic E-state index is 11.5. The molecule has 0 spiro atoms. The lowest BCUT2D eigenvalue weighted by Crippen LogP contribution is -2.38. The fourth-order valence-electron chi connectivity index (χ4n) is 4.21. The number of fused-ring (bicyclic) bond motifs is 1. The number of aromatic amines is 1. The Balaban J connectivity index is 1.61. The topological polar surface area (TPSA) is 95.2 Å². The summed E-state index contributed by atoms with van der Waals surface area (Å²) in [6.45, 7) is 9.38. The van der Waals surface area contributed by atoms with Gasteiger partial charge in [0, 0.05) is 31.7 Å². The zero-order chi connectivity index (χ0) is 23.5. The van der Waals surface area contributed by atoms with Crippen molar-refractivity contribution < 1.29 is 9.53 Å². The molecular weight excluding hydrogens is 440 g/mol. The number of likely N-dealkylation sites (N-methyl/N-ethyl adjacent to an activating group) is 1. The first kappa shape index (κ1) is 23.3. The highest BCUT2D eigenvalue weighted by Gasteiger charge is 2.22. The largest absolute Gasteiger partial charge is 0.483 e. The first-order valence-electron chi connectivity index (χ1n) is 11.4. The first-order valence-corrected chi connectivity index (χ1v) is 11.8. The molecule has 0 unspecified atom stereocenters. The standard InChI is InChI=1S/C24H31ClN6O2/c1-5-31-8-6-16(7-9-31)28-21-18(25)12-27-24-22(21)29-23(30-24)17-10-15(3)19(11-14(17)2)33-13-20(32)26-4/h10-12,16H,5-9,13H2,1-4H3,(H,26,32)(H2,27,28,29,30). The second-order valence-corrected chi connectivity index (χ2v) is 8.92. The van der Waals surface area contributed by atoms with Crippen molar-refractivity contribution in [3.8, 4) is 17.1 Å². The highest BCUT2D eigenvalue weighted by molar-refractivity contribution is 6.34. The van der Waals surface area contributed by atoms with Crippen molar-refractivity contribution in [2.45, 2.75) is 39.7 Å². The molecule has 0 radical (unpaired) electrons. The summed E-state index contributed by atoms with van der Waals surface area (Å²) in [5.74, 6) is 1.23. The number of aromatic nitrogens is 3. The van der Waals surface area contributed by atoms with Gasteiger partial charge in [0.2, 0.25) is 0 Å². The van der Waals surface area contributed by atoms with Crippen LogP contribution < -0.4 is 15.4 Å². The average molecular weight is 471 g/mol. The van der Waals surface area contributed by atoms with E-state index in [1.54, 1.807) is 13.2 Å². The quantitative estimate of drug-likeness (QED) is 0.484. The molecule has 0 atom stereocenters. The molecule has 0 bridgehead atoms. The van der Waals surface area contributed by atoms with Crippen molar-refractivity contribution in [3.05, 3.63) is 34.5 Å². The molecule has 176 valence electrons. The van der Waals surface area contributed by atoms with Crippen LogP contribution in [0, 0.1) is 13.8 Å². The Morgan fingerprint density at radius 2 is 2.03 bits per heavy atom. The van der Waals surface area contributed by atoms with E-state index in [2.05, 4.69) is 32.4 Å². The van der Waals surface area contributed by atoms with Gasteiger partial charge in [0.25, 0.3) is 5.91 Å². The second kappa shape index (κ2) is 9.97. The summed E-state index contributed by atoms with van der Waals surface area (Å²) in [6, 6.07) is 4.31. The molecule has 0 saturated carbocycles. The number of halogens is 1. The molecule has 4 rings (SSSR count). The third-order valence-corrected chi connectivity index (χ3v) is 6.55. The van der Waals surface area contributed by atoms with Crippen LogP contribution in [0.3, 0.4) is 0 Å². The number of imidazole rings is 1. The van der Waals surface area contributed by atoms with Crippen LogP contribution in [0.1, 0.15) is 30.9 Å². The van der Waals surface area contributed by atoms with E-state index >= 15 is 0 Å². The number of anilines is 1. The molecule has 3 N–H and O–H groups in total. The van der Waals surface area contributed by atoms with Gasteiger partial charge in [0.1, 0.15) is 17.1 Å². The minimum Gasteiger partial charge on any atom is -0.483 e. The summed E-state index contributed by atoms with van der Waals surface area (Å²) in [5, 5.41) is 6.76. The summed E-state index contributed by atoms with van der Waals surface area (Å²) in [5.41, 5.74) is 5.13. The highest BCUT2D eigenvalue weighted by Crippen LogP contribution is 2.34. The minimum absolute atomic E-state index is 0.0185. The van der Waals surface area contributed by atoms with Crippen molar-refractivity contribution in [1.82, 2.24) is 25.2 Å². The van der Waals surface area contributed by atoms with Gasteiger partial charge >= 0.3 is 0 Å². The highest BCUT2D eigenvalue weighted by atomic mass is 35.5. The molecule has 1 aliphatic heterocycles. The van der Waals surface area contributed by atoms with Gasteiger partial charge in [-0.1, -0.05) is 18.5 Å². The number of carbonyl (C=O) groups is 1. The lowest BCUT2D eigenvalue weighted by atomic mass is 10.0. The molecule has 1 aliphatic rings. The molecule has 2 aromatic heterocycles. The number of nitrogens with zero attached hydrogens (tertiary/aromatic N) is 3. The number of carbonyl (C=O) groups excluding carboxylic acids is 1. The van der Waals surface area contributed by atoms with Crippen molar-refractivity contribution in [3.63, 3.8) is 0 Å². The van der Waals surface area contributed by atoms with Gasteiger partial charge in [-0.3, -0.25) is 4.79 Å². The lowest BCUT2D eigenvalue weighted by molar-refractivity contribution is -0.122. The first-order chi connectivity index (χ1) is 15.9. The van der Waals surface area contributed by atoms with E-state index in [1.165, 1.54) is 0 Å². The Morgan fingerprint density at radius 1 is 1.27 bits per heavy atom. The van der Waals surface area contributed by atoms with Crippen molar-refractivity contribution >= 4 is 34.4 Å². The Labute approximate surface area is 199 Å². The smallest absolute Gasteiger partial charge is 0.257 e. The van der Waals surface area contributed by atoms with Crippen LogP contribution in [0.4, 0.5) is 5.69 Å². The van der Waals surface area contributed by atoms with Gasteiger partial charge in [-0.25, -0.2) is 9.97 Å². The van der Waals surface area contributed by atoms with Crippen molar-refractivity contribution in [2.75, 3.05) is 38.6 Å². The number of pyridine rings is 1. The van der Waals surface area contributed by atoms with E-state index in [-0.39, 0.29) is 12.5 Å². The summed E-state index contributed by atoms with van der Waals surface area (Å²) < 4.78 is 5.67. The maximum Gasteiger partial charge on any atom is 0.257 e. The number of benzene rings is 1. The van der Waals surface area contributed by atoms with Crippen LogP contribution in [0.15, 0.2) is 18.3 Å². The summed E-state index contributed by atoms with van der Waals surface area (Å²) in [4.78, 5) is 26.7. The van der Waals surface area contributed by atoms with Crippen LogP contribution in [0.25, 0.3) is 22.6 Å². The van der Waals surface area contributed by atoms with E-state index in [0.717, 1.165) is 66.2 Å². The third kappa shape index (κ3) is 5.07. The Kier molecular flexibility index (Phi) is 7.05. The van der Waals surface area contributed by atoms with Gasteiger partial charge in [0.05, 0.1) is 16.9 Å². The van der Waals surface area contributed by atoms with Gasteiger partial charge in [-0.15, -0.1) is 0 Å². The van der Waals surface area contributed by atoms with Gasteiger partial charge in [0.15, 0.2) is 12.3 Å². The van der Waals surface area contributed by atoms with Crippen molar-refractivity contribution in [1.29, 1.82) is 0 Å². The van der Waals surface area contributed by atoms with Crippen LogP contribution >= 0.6 is 11.6 Å². The number of hydrogen-bond acceptors (Lipinski definition) is 6. The zero-order valence-electron chi connectivity index (χ0n) is 19.6. The molecule has 3 aromatic rings. The number of H-pyrrole nitrogens is 1. The summed E-state index contributed by atoms with van der Waals surface area (Å²) in [7, 11) is 1.59. The molecule has 0 aliphatic carbocycles. The van der Waals surface area contributed by atoms with E-state index in [9.17, 15) is 4.79 Å². The van der Waals surface area contributed by atoms with Crippen LogP contribution in [-0.4, -0.2) is 65.1 Å². The molecule has 9 heteroatoms. The Hall–Kier alpha value is -2.84. The molecule has 8 nitrogen and oxygen atoms in total. The van der Waals surface area contributed by atoms with E-state index in [1.807, 2.05) is 26.0 Å². The predicted molar refractivity (Wildman–Crippen MR) is 132 cm³/mol. The predicted octanol–water partition coefficient (Wildman–Crippen LogP) is 3.92. The molecule has 1 fully saturated rings. The van der Waals surface area contributed by atoms with Crippen LogP contribution in [-0.2, 0) is 4.79 Å². The SMILES string of the molecule is CCN1CCC(Nc2c(Cl)cnc3[nH]c(-c4cc(C)c(OCC(=O)NC)cc4C)nc23)CC1. The normalized spacial score (nSPS) is 15.1. The molecule has 3 heterocycles. The maximum atomic E-state index is 11.5. The number of nitrogens with one attached hydrogen (secondary N) is 3. The van der Waals surface area contributed by atoms with Gasteiger partial charge in [-0.2, -0.15) is 0 Å². The minimum atomic E-state index is -0.170. The van der Waals surface area contributed by atoms with E-state index in [0.29, 0.717) is 22.5 Å². The average Bonchev–Trinajstić information content (AvgIpc) is 3.25. The number of rotatable bonds is 7. The zero-order valence-corrected chi connectivity index (χ0v) is 20.3. The molecule has 1 amide bonds. The summed E-state index contributed by atoms with van der Waals surface area (Å²) >= 11 is 6.54. The van der Waals surface area contributed by atoms with Gasteiger partial charge < -0.3 is 25.3 Å². The number of aryl methyl sites for hydroxylation is 2. The van der Waals surface area contributed by atoms with Crippen LogP contribution in [0.2, 0.25) is 5.02 Å². The summed E-state index contributed by atoms with van der Waals surface area (Å²) in [6.07, 6.45) is 3.81. The number of piperidine rings is 1. The van der Waals surface area contributed by atoms with E-state index in [4.69, 9.17) is 21.3 Å². The Bertz CT molecular complexity index is 1150. The van der Waals surface area contributed by atoms with Gasteiger partial charge in [-0.05, 0) is 56.5 Å². The van der Waals surface area contributed by atoms with E-state index < -0.39 is 0 Å². The number of ether oxygens (including phenoxy) is 1. The van der Waals surface area contributed by atoms with Crippen molar-refractivity contribution in [2.24, 2.45) is 0 Å². The fourth-order valence-corrected chi connectivity index (χ4v) is 4.40. The molecule has 1 aromatic carbocycles. The fraction of sp³-hybridized carbons (Fsp3) is 0.458. The molecule has 33 heavy (non-hydrogen) atoms. The molecular formula is C24H31ClN6O2. The number of amides is 1. The third-order valence-electron chi connectivity index (χ3n) is 6.27. The monoisotopic (exact) mass is 470 g/mol.